The summed E-state index contributed by atoms with van der Waals surface area (Å²) in [6.07, 6.45) is -5.15. The summed E-state index contributed by atoms with van der Waals surface area (Å²) in [5, 5.41) is 44.5. The molecule has 0 fully saturated rings. The van der Waals surface area contributed by atoms with E-state index in [1.165, 1.54) is 0 Å². The van der Waals surface area contributed by atoms with E-state index in [2.05, 4.69) is 0 Å². The zero-order chi connectivity index (χ0) is 9.72. The van der Waals surface area contributed by atoms with Gasteiger partial charge in [0.15, 0.2) is 0 Å². The number of aliphatic hydroxyl groups excluding tert-OH is 5. The highest BCUT2D eigenvalue weighted by atomic mass is 16.4. The van der Waals surface area contributed by atoms with Crippen molar-refractivity contribution in [2.75, 3.05) is 6.61 Å². The molecule has 5 heteroatoms. The van der Waals surface area contributed by atoms with Gasteiger partial charge < -0.3 is 25.5 Å². The van der Waals surface area contributed by atoms with Crippen molar-refractivity contribution in [2.45, 2.75) is 37.8 Å². The minimum Gasteiger partial charge on any atom is -0.394 e. The normalized spacial score (nSPS) is 21.5. The van der Waals surface area contributed by atoms with E-state index < -0.39 is 31.0 Å². The summed E-state index contributed by atoms with van der Waals surface area (Å²) in [6, 6.07) is 0. The van der Waals surface area contributed by atoms with Gasteiger partial charge in [-0.05, 0) is 6.42 Å². The fourth-order valence-corrected chi connectivity index (χ4v) is 0.805. The molecule has 74 valence electrons. The van der Waals surface area contributed by atoms with Crippen molar-refractivity contribution in [1.82, 2.24) is 0 Å². The molecule has 0 aliphatic heterocycles. The minimum atomic E-state index is -1.51. The molecule has 0 heterocycles. The number of hydrogen-bond acceptors (Lipinski definition) is 5. The number of rotatable bonds is 5. The van der Waals surface area contributed by atoms with E-state index in [1.807, 2.05) is 0 Å². The van der Waals surface area contributed by atoms with Crippen LogP contribution in [0.5, 0.6) is 0 Å². The van der Waals surface area contributed by atoms with Gasteiger partial charge in [-0.15, -0.1) is 0 Å². The molecule has 0 aliphatic carbocycles. The maximum absolute atomic E-state index is 9.12. The highest BCUT2D eigenvalue weighted by molar-refractivity contribution is 4.79. The average molecular weight is 180 g/mol. The van der Waals surface area contributed by atoms with Gasteiger partial charge in [-0.2, -0.15) is 0 Å². The van der Waals surface area contributed by atoms with Gasteiger partial charge in [0.1, 0.15) is 18.3 Å². The third kappa shape index (κ3) is 3.04. The predicted octanol–water partition coefficient (Wildman–Crippen LogP) is -2.17. The minimum absolute atomic E-state index is 0.274. The summed E-state index contributed by atoms with van der Waals surface area (Å²) >= 11 is 0. The molecule has 0 radical (unpaired) electrons. The lowest BCUT2D eigenvalue weighted by atomic mass is 10.0. The first-order valence-electron chi connectivity index (χ1n) is 3.87. The fraction of sp³-hybridized carbons (Fsp3) is 1.00. The second-order valence-corrected chi connectivity index (χ2v) is 2.71. The molecule has 0 bridgehead atoms. The average Bonchev–Trinajstić information content (AvgIpc) is 2.12. The summed E-state index contributed by atoms with van der Waals surface area (Å²) in [4.78, 5) is 0. The first-order valence-corrected chi connectivity index (χ1v) is 3.87. The molecule has 4 atom stereocenters. The zero-order valence-corrected chi connectivity index (χ0v) is 6.96. The van der Waals surface area contributed by atoms with Gasteiger partial charge >= 0.3 is 0 Å². The van der Waals surface area contributed by atoms with Crippen LogP contribution in [0, 0.1) is 0 Å². The van der Waals surface area contributed by atoms with Crippen LogP contribution in [0.4, 0.5) is 0 Å². The van der Waals surface area contributed by atoms with E-state index in [0.717, 1.165) is 0 Å². The first-order chi connectivity index (χ1) is 5.54. The quantitative estimate of drug-likeness (QED) is 0.331. The molecule has 0 rings (SSSR count). The van der Waals surface area contributed by atoms with E-state index in [9.17, 15) is 0 Å². The fourth-order valence-electron chi connectivity index (χ4n) is 0.805. The Kier molecular flexibility index (Phi) is 5.36. The van der Waals surface area contributed by atoms with Crippen LogP contribution in [0.3, 0.4) is 0 Å². The van der Waals surface area contributed by atoms with Crippen LogP contribution in [-0.2, 0) is 0 Å². The topological polar surface area (TPSA) is 101 Å². The molecule has 0 unspecified atom stereocenters. The Labute approximate surface area is 70.9 Å². The molecule has 0 aromatic heterocycles. The third-order valence-corrected chi connectivity index (χ3v) is 1.74. The van der Waals surface area contributed by atoms with Crippen LogP contribution in [0.1, 0.15) is 13.3 Å². The summed E-state index contributed by atoms with van der Waals surface area (Å²) in [7, 11) is 0. The lowest BCUT2D eigenvalue weighted by Gasteiger charge is -2.24. The third-order valence-electron chi connectivity index (χ3n) is 1.74. The Bertz CT molecular complexity index is 104. The van der Waals surface area contributed by atoms with E-state index in [-0.39, 0.29) is 6.42 Å². The van der Waals surface area contributed by atoms with E-state index in [0.29, 0.717) is 0 Å². The van der Waals surface area contributed by atoms with E-state index in [1.54, 1.807) is 6.92 Å². The smallest absolute Gasteiger partial charge is 0.110 e. The van der Waals surface area contributed by atoms with Crippen molar-refractivity contribution < 1.29 is 25.5 Å². The SMILES string of the molecule is CC[C@@H](O)[C@@H](O)[C@H](O)[C@@H](O)CO. The summed E-state index contributed by atoms with van der Waals surface area (Å²) in [6.45, 7) is 0.987. The molecular weight excluding hydrogens is 164 g/mol. The Morgan fingerprint density at radius 2 is 1.33 bits per heavy atom. The van der Waals surface area contributed by atoms with Crippen LogP contribution < -0.4 is 0 Å². The molecule has 12 heavy (non-hydrogen) atoms. The van der Waals surface area contributed by atoms with Crippen LogP contribution in [0.15, 0.2) is 0 Å². The number of aliphatic hydroxyl groups is 5. The van der Waals surface area contributed by atoms with Gasteiger partial charge in [-0.1, -0.05) is 6.92 Å². The molecule has 5 nitrogen and oxygen atoms in total. The van der Waals surface area contributed by atoms with Crippen molar-refractivity contribution >= 4 is 0 Å². The lowest BCUT2D eigenvalue weighted by Crippen LogP contribution is -2.45. The summed E-state index contributed by atoms with van der Waals surface area (Å²) in [5.41, 5.74) is 0. The monoisotopic (exact) mass is 180 g/mol. The van der Waals surface area contributed by atoms with Gasteiger partial charge in [-0.3, -0.25) is 0 Å². The molecule has 0 aromatic rings. The Morgan fingerprint density at radius 3 is 1.67 bits per heavy atom. The highest BCUT2D eigenvalue weighted by Crippen LogP contribution is 2.06. The van der Waals surface area contributed by atoms with Crippen LogP contribution >= 0.6 is 0 Å². The summed E-state index contributed by atoms with van der Waals surface area (Å²) < 4.78 is 0. The van der Waals surface area contributed by atoms with Crippen LogP contribution in [-0.4, -0.2) is 56.6 Å². The van der Waals surface area contributed by atoms with Crippen molar-refractivity contribution in [1.29, 1.82) is 0 Å². The van der Waals surface area contributed by atoms with Crippen molar-refractivity contribution in [3.8, 4) is 0 Å². The van der Waals surface area contributed by atoms with Gasteiger partial charge in [0.25, 0.3) is 0 Å². The molecule has 0 saturated carbocycles. The second-order valence-electron chi connectivity index (χ2n) is 2.71. The maximum atomic E-state index is 9.12. The second kappa shape index (κ2) is 5.45. The van der Waals surface area contributed by atoms with Gasteiger partial charge in [0.05, 0.1) is 12.7 Å². The van der Waals surface area contributed by atoms with Crippen LogP contribution in [0.25, 0.3) is 0 Å². The zero-order valence-electron chi connectivity index (χ0n) is 6.96. The Morgan fingerprint density at radius 1 is 0.917 bits per heavy atom. The largest absolute Gasteiger partial charge is 0.394 e. The van der Waals surface area contributed by atoms with Crippen LogP contribution in [0.2, 0.25) is 0 Å². The lowest BCUT2D eigenvalue weighted by molar-refractivity contribution is -0.115. The van der Waals surface area contributed by atoms with Gasteiger partial charge in [0, 0.05) is 0 Å². The Hall–Kier alpha value is -0.200. The number of hydrogen-bond donors (Lipinski definition) is 5. The summed E-state index contributed by atoms with van der Waals surface area (Å²) in [5.74, 6) is 0. The molecule has 0 aliphatic rings. The maximum Gasteiger partial charge on any atom is 0.110 e. The molecule has 0 aromatic carbocycles. The van der Waals surface area contributed by atoms with Crippen molar-refractivity contribution in [3.63, 3.8) is 0 Å². The highest BCUT2D eigenvalue weighted by Gasteiger charge is 2.28. The first kappa shape index (κ1) is 11.8. The van der Waals surface area contributed by atoms with E-state index in [4.69, 9.17) is 25.5 Å². The molecular formula is C7H16O5. The molecule has 5 N–H and O–H groups in total. The van der Waals surface area contributed by atoms with Crippen molar-refractivity contribution in [3.05, 3.63) is 0 Å². The molecule has 0 spiro atoms. The Balaban J connectivity index is 3.99. The molecule has 0 saturated heterocycles. The van der Waals surface area contributed by atoms with Gasteiger partial charge in [-0.25, -0.2) is 0 Å². The van der Waals surface area contributed by atoms with Crippen molar-refractivity contribution in [2.24, 2.45) is 0 Å². The predicted molar refractivity (Wildman–Crippen MR) is 41.4 cm³/mol. The standard InChI is InChI=1S/C7H16O5/c1-2-4(9)6(11)7(12)5(10)3-8/h4-12H,2-3H2,1H3/t4-,5+,6-,7-/m1/s1. The molecule has 0 amide bonds. The van der Waals surface area contributed by atoms with E-state index >= 15 is 0 Å². The van der Waals surface area contributed by atoms with Gasteiger partial charge in [0.2, 0.25) is 0 Å².